The Kier molecular flexibility index (Phi) is 6.57. The average molecular weight is 244 g/mol. The molecule has 0 aromatic heterocycles. The molecule has 0 bridgehead atoms. The van der Waals surface area contributed by atoms with E-state index in [0.29, 0.717) is 13.0 Å². The molecule has 6 nitrogen and oxygen atoms in total. The van der Waals surface area contributed by atoms with Gasteiger partial charge < -0.3 is 20.5 Å². The Morgan fingerprint density at radius 2 is 2.00 bits per heavy atom. The van der Waals surface area contributed by atoms with E-state index in [1.54, 1.807) is 0 Å². The smallest absolute Gasteiger partial charge is 0.305 e. The Morgan fingerprint density at radius 3 is 2.65 bits per heavy atom. The first-order valence-corrected chi connectivity index (χ1v) is 5.99. The van der Waals surface area contributed by atoms with Gasteiger partial charge in [-0.1, -0.05) is 0 Å². The van der Waals surface area contributed by atoms with Gasteiger partial charge >= 0.3 is 5.97 Å². The summed E-state index contributed by atoms with van der Waals surface area (Å²) >= 11 is 0. The first-order valence-electron chi connectivity index (χ1n) is 5.99. The van der Waals surface area contributed by atoms with Gasteiger partial charge in [-0.2, -0.15) is 0 Å². The summed E-state index contributed by atoms with van der Waals surface area (Å²) < 4.78 is 5.56. The predicted octanol–water partition coefficient (Wildman–Crippen LogP) is -0.264. The normalized spacial score (nSPS) is 16.7. The predicted molar refractivity (Wildman–Crippen MR) is 61.7 cm³/mol. The molecule has 0 spiro atoms. The number of aliphatic carboxylic acids is 1. The van der Waals surface area contributed by atoms with Gasteiger partial charge in [0.1, 0.15) is 0 Å². The number of carbonyl (C=O) groups excluding carboxylic acids is 1. The molecule has 0 aromatic rings. The lowest BCUT2D eigenvalue weighted by Gasteiger charge is -2.22. The molecule has 0 atom stereocenters. The lowest BCUT2D eigenvalue weighted by Crippen LogP contribution is -2.33. The number of carboxylic acid groups (broad SMARTS) is 1. The minimum atomic E-state index is -0.906. The van der Waals surface area contributed by atoms with Crippen molar-refractivity contribution < 1.29 is 19.4 Å². The molecule has 1 aliphatic rings. The maximum Gasteiger partial charge on any atom is 0.305 e. The second kappa shape index (κ2) is 8.03. The highest BCUT2D eigenvalue weighted by molar-refractivity contribution is 5.76. The Hall–Kier alpha value is -1.14. The van der Waals surface area contributed by atoms with Gasteiger partial charge in [-0.15, -0.1) is 0 Å². The Labute approximate surface area is 101 Å². The Balaban J connectivity index is 1.97. The number of hydrogen-bond donors (Lipinski definition) is 3. The molecular weight excluding hydrogens is 224 g/mol. The zero-order valence-electron chi connectivity index (χ0n) is 9.91. The quantitative estimate of drug-likeness (QED) is 0.574. The fraction of sp³-hybridized carbons (Fsp3) is 0.818. The van der Waals surface area contributed by atoms with Gasteiger partial charge in [-0.05, 0) is 25.9 Å². The molecule has 3 N–H and O–H groups in total. The fourth-order valence-electron chi connectivity index (χ4n) is 1.68. The van der Waals surface area contributed by atoms with Crippen molar-refractivity contribution in [3.05, 3.63) is 0 Å². The van der Waals surface area contributed by atoms with Crippen LogP contribution in [0.5, 0.6) is 0 Å². The monoisotopic (exact) mass is 244 g/mol. The lowest BCUT2D eigenvalue weighted by atomic mass is 10.1. The van der Waals surface area contributed by atoms with E-state index >= 15 is 0 Å². The summed E-state index contributed by atoms with van der Waals surface area (Å²) in [6.45, 7) is 2.52. The molecule has 0 aliphatic carbocycles. The molecule has 1 amide bonds. The first kappa shape index (κ1) is 13.9. The van der Waals surface area contributed by atoms with Crippen LogP contribution in [0.3, 0.4) is 0 Å². The summed E-state index contributed by atoms with van der Waals surface area (Å²) in [6, 6.07) is 0. The molecular formula is C11H20N2O4. The number of nitrogens with one attached hydrogen (secondary N) is 2. The molecule has 98 valence electrons. The van der Waals surface area contributed by atoms with Crippen LogP contribution in [0.25, 0.3) is 0 Å². The van der Waals surface area contributed by atoms with Gasteiger partial charge in [0.15, 0.2) is 0 Å². The van der Waals surface area contributed by atoms with E-state index in [0.717, 1.165) is 25.9 Å². The summed E-state index contributed by atoms with van der Waals surface area (Å²) in [5, 5.41) is 14.2. The molecule has 0 saturated carbocycles. The number of carbonyl (C=O) groups is 2. The van der Waals surface area contributed by atoms with Gasteiger partial charge in [-0.3, -0.25) is 9.59 Å². The molecule has 0 unspecified atom stereocenters. The second-order valence-corrected chi connectivity index (χ2v) is 4.06. The number of ether oxygens (including phenoxy) is 1. The third-order valence-electron chi connectivity index (χ3n) is 2.63. The number of carboxylic acids is 1. The summed E-state index contributed by atoms with van der Waals surface area (Å²) in [7, 11) is 0. The maximum atomic E-state index is 11.3. The van der Waals surface area contributed by atoms with Gasteiger partial charge in [-0.25, -0.2) is 0 Å². The number of amides is 1. The van der Waals surface area contributed by atoms with Crippen LogP contribution in [-0.4, -0.2) is 49.3 Å². The summed E-state index contributed by atoms with van der Waals surface area (Å²) in [5.74, 6) is -1.06. The first-order chi connectivity index (χ1) is 8.18. The van der Waals surface area contributed by atoms with Crippen LogP contribution in [0.15, 0.2) is 0 Å². The molecule has 1 saturated heterocycles. The highest BCUT2D eigenvalue weighted by Gasteiger charge is 2.13. The van der Waals surface area contributed by atoms with Crippen molar-refractivity contribution in [2.24, 2.45) is 0 Å². The van der Waals surface area contributed by atoms with Crippen molar-refractivity contribution in [2.75, 3.05) is 26.2 Å². The van der Waals surface area contributed by atoms with Crippen LogP contribution in [0.1, 0.15) is 25.7 Å². The minimum absolute atomic E-state index is 0.0408. The fourth-order valence-corrected chi connectivity index (χ4v) is 1.68. The van der Waals surface area contributed by atoms with Crippen LogP contribution < -0.4 is 10.6 Å². The van der Waals surface area contributed by atoms with E-state index in [1.165, 1.54) is 0 Å². The summed E-state index contributed by atoms with van der Waals surface area (Å²) in [5.41, 5.74) is 0. The molecule has 0 aromatic carbocycles. The van der Waals surface area contributed by atoms with Gasteiger partial charge in [0, 0.05) is 13.0 Å². The highest BCUT2D eigenvalue weighted by atomic mass is 16.5. The van der Waals surface area contributed by atoms with Crippen molar-refractivity contribution in [3.63, 3.8) is 0 Å². The average Bonchev–Trinajstić information content (AvgIpc) is 2.30. The SMILES string of the molecule is O=C(O)CCNC(=O)CCOC1CCNCC1. The largest absolute Gasteiger partial charge is 0.481 e. The van der Waals surface area contributed by atoms with Gasteiger partial charge in [0.2, 0.25) is 5.91 Å². The maximum absolute atomic E-state index is 11.3. The van der Waals surface area contributed by atoms with E-state index in [9.17, 15) is 9.59 Å². The van der Waals surface area contributed by atoms with Gasteiger partial charge in [0.25, 0.3) is 0 Å². The molecule has 17 heavy (non-hydrogen) atoms. The van der Waals surface area contributed by atoms with E-state index in [2.05, 4.69) is 10.6 Å². The van der Waals surface area contributed by atoms with Crippen molar-refractivity contribution in [1.29, 1.82) is 0 Å². The van der Waals surface area contributed by atoms with E-state index in [-0.39, 0.29) is 25.0 Å². The third-order valence-corrected chi connectivity index (χ3v) is 2.63. The van der Waals surface area contributed by atoms with Crippen molar-refractivity contribution in [1.82, 2.24) is 10.6 Å². The van der Waals surface area contributed by atoms with Crippen LogP contribution in [-0.2, 0) is 14.3 Å². The van der Waals surface area contributed by atoms with Crippen LogP contribution in [0.4, 0.5) is 0 Å². The van der Waals surface area contributed by atoms with Crippen molar-refractivity contribution in [2.45, 2.75) is 31.8 Å². The molecule has 1 aliphatic heterocycles. The van der Waals surface area contributed by atoms with Crippen LogP contribution >= 0.6 is 0 Å². The molecule has 1 heterocycles. The lowest BCUT2D eigenvalue weighted by molar-refractivity contribution is -0.136. The Bertz CT molecular complexity index is 252. The minimum Gasteiger partial charge on any atom is -0.481 e. The summed E-state index contributed by atoms with van der Waals surface area (Å²) in [4.78, 5) is 21.5. The molecule has 1 fully saturated rings. The second-order valence-electron chi connectivity index (χ2n) is 4.06. The zero-order valence-corrected chi connectivity index (χ0v) is 9.91. The van der Waals surface area contributed by atoms with E-state index < -0.39 is 5.97 Å². The van der Waals surface area contributed by atoms with Crippen LogP contribution in [0.2, 0.25) is 0 Å². The van der Waals surface area contributed by atoms with Gasteiger partial charge in [0.05, 0.1) is 19.1 Å². The Morgan fingerprint density at radius 1 is 1.29 bits per heavy atom. The van der Waals surface area contributed by atoms with Crippen LogP contribution in [0, 0.1) is 0 Å². The third kappa shape index (κ3) is 6.91. The topological polar surface area (TPSA) is 87.7 Å². The number of piperidine rings is 1. The number of rotatable bonds is 7. The van der Waals surface area contributed by atoms with E-state index in [4.69, 9.17) is 9.84 Å². The zero-order chi connectivity index (χ0) is 12.5. The molecule has 6 heteroatoms. The van der Waals surface area contributed by atoms with Crippen molar-refractivity contribution >= 4 is 11.9 Å². The molecule has 1 rings (SSSR count). The van der Waals surface area contributed by atoms with Crippen molar-refractivity contribution in [3.8, 4) is 0 Å². The number of hydrogen-bond acceptors (Lipinski definition) is 4. The molecule has 0 radical (unpaired) electrons. The highest BCUT2D eigenvalue weighted by Crippen LogP contribution is 2.07. The van der Waals surface area contributed by atoms with E-state index in [1.807, 2.05) is 0 Å². The standard InChI is InChI=1S/C11H20N2O4/c14-10(13-7-3-11(15)16)4-8-17-9-1-5-12-6-2-9/h9,12H,1-8H2,(H,13,14)(H,15,16). The summed E-state index contributed by atoms with van der Waals surface area (Å²) in [6.07, 6.45) is 2.48.